The first-order valence-electron chi connectivity index (χ1n) is 9.06. The summed E-state index contributed by atoms with van der Waals surface area (Å²) in [7, 11) is -6.51. The summed E-state index contributed by atoms with van der Waals surface area (Å²) in [5.74, 6) is -0.769. The quantitative estimate of drug-likeness (QED) is 0.694. The number of nitrogens with one attached hydrogen (secondary N) is 1. The van der Waals surface area contributed by atoms with Crippen LogP contribution in [0.4, 0.5) is 5.69 Å². The molecule has 3 rings (SSSR count). The van der Waals surface area contributed by atoms with Crippen molar-refractivity contribution < 1.29 is 26.4 Å². The lowest BCUT2D eigenvalue weighted by molar-refractivity contribution is 0.0596. The lowest BCUT2D eigenvalue weighted by Crippen LogP contribution is -2.35. The van der Waals surface area contributed by atoms with Crippen LogP contribution in [-0.4, -0.2) is 47.3 Å². The molecule has 1 saturated heterocycles. The second kappa shape index (κ2) is 8.52. The summed E-state index contributed by atoms with van der Waals surface area (Å²) in [6.07, 6.45) is 2.67. The Morgan fingerprint density at radius 1 is 0.931 bits per heavy atom. The van der Waals surface area contributed by atoms with Crippen molar-refractivity contribution in [1.82, 2.24) is 4.31 Å². The molecular weight excluding hydrogens is 416 g/mol. The Balaban J connectivity index is 1.84. The molecule has 0 unspecified atom stereocenters. The van der Waals surface area contributed by atoms with Crippen LogP contribution in [0.25, 0.3) is 0 Å². The van der Waals surface area contributed by atoms with E-state index in [2.05, 4.69) is 9.46 Å². The van der Waals surface area contributed by atoms with Gasteiger partial charge in [-0.1, -0.05) is 18.6 Å². The molecule has 2 aromatic rings. The fraction of sp³-hybridized carbons (Fsp3) is 0.316. The first-order chi connectivity index (χ1) is 13.8. The SMILES string of the molecule is COC(=O)c1ccccc1S(=O)(=O)Nc1ccc(S(=O)(=O)N2CCCCC2)cc1. The van der Waals surface area contributed by atoms with Crippen molar-refractivity contribution in [2.24, 2.45) is 0 Å². The molecule has 156 valence electrons. The van der Waals surface area contributed by atoms with E-state index in [1.54, 1.807) is 0 Å². The molecule has 1 aliphatic heterocycles. The van der Waals surface area contributed by atoms with Crippen LogP contribution >= 0.6 is 0 Å². The number of rotatable bonds is 6. The van der Waals surface area contributed by atoms with Gasteiger partial charge in [-0.25, -0.2) is 21.6 Å². The number of carbonyl (C=O) groups is 1. The van der Waals surface area contributed by atoms with Gasteiger partial charge in [0.25, 0.3) is 10.0 Å². The van der Waals surface area contributed by atoms with Crippen LogP contribution in [0.3, 0.4) is 0 Å². The number of anilines is 1. The Kier molecular flexibility index (Phi) is 6.25. The van der Waals surface area contributed by atoms with Gasteiger partial charge in [-0.2, -0.15) is 4.31 Å². The zero-order chi connectivity index (χ0) is 21.1. The van der Waals surface area contributed by atoms with E-state index in [-0.39, 0.29) is 21.0 Å². The third kappa shape index (κ3) is 4.60. The van der Waals surface area contributed by atoms with E-state index in [0.717, 1.165) is 19.3 Å². The molecule has 10 heteroatoms. The van der Waals surface area contributed by atoms with Crippen LogP contribution in [0.15, 0.2) is 58.3 Å². The van der Waals surface area contributed by atoms with E-state index in [1.165, 1.54) is 59.9 Å². The van der Waals surface area contributed by atoms with Crippen LogP contribution in [0.2, 0.25) is 0 Å². The van der Waals surface area contributed by atoms with Gasteiger partial charge in [0.1, 0.15) is 4.90 Å². The van der Waals surface area contributed by atoms with Gasteiger partial charge < -0.3 is 4.74 Å². The van der Waals surface area contributed by atoms with Crippen molar-refractivity contribution in [3.63, 3.8) is 0 Å². The maximum Gasteiger partial charge on any atom is 0.339 e. The summed E-state index contributed by atoms with van der Waals surface area (Å²) in [6.45, 7) is 0.974. The molecule has 0 aliphatic carbocycles. The molecule has 0 spiro atoms. The average Bonchev–Trinajstić information content (AvgIpc) is 2.74. The largest absolute Gasteiger partial charge is 0.465 e. The molecule has 0 aromatic heterocycles. The fourth-order valence-corrected chi connectivity index (χ4v) is 5.91. The second-order valence-corrected chi connectivity index (χ2v) is 10.2. The standard InChI is InChI=1S/C19H22N2O6S2/c1-27-19(22)17-7-3-4-8-18(17)28(23,24)20-15-9-11-16(12-10-15)29(25,26)21-13-5-2-6-14-21/h3-4,7-12,20H,2,5-6,13-14H2,1H3. The Morgan fingerprint density at radius 3 is 2.17 bits per heavy atom. The van der Waals surface area contributed by atoms with Gasteiger partial charge in [0.2, 0.25) is 10.0 Å². The summed E-state index contributed by atoms with van der Waals surface area (Å²) in [6, 6.07) is 11.2. The number of piperidine rings is 1. The third-order valence-corrected chi connectivity index (χ3v) is 7.99. The minimum absolute atomic E-state index is 0.0909. The smallest absolute Gasteiger partial charge is 0.339 e. The maximum absolute atomic E-state index is 12.7. The number of nitrogens with zero attached hydrogens (tertiary/aromatic N) is 1. The van der Waals surface area contributed by atoms with Crippen LogP contribution < -0.4 is 4.72 Å². The van der Waals surface area contributed by atoms with Crippen LogP contribution in [0.1, 0.15) is 29.6 Å². The van der Waals surface area contributed by atoms with Crippen molar-refractivity contribution in [3.05, 3.63) is 54.1 Å². The third-order valence-electron chi connectivity index (χ3n) is 4.64. The molecule has 8 nitrogen and oxygen atoms in total. The average molecular weight is 439 g/mol. The molecule has 0 atom stereocenters. The topological polar surface area (TPSA) is 110 Å². The van der Waals surface area contributed by atoms with Crippen LogP contribution in [0, 0.1) is 0 Å². The number of esters is 1. The van der Waals surface area contributed by atoms with E-state index in [0.29, 0.717) is 13.1 Å². The van der Waals surface area contributed by atoms with Crippen molar-refractivity contribution in [2.75, 3.05) is 24.9 Å². The van der Waals surface area contributed by atoms with Crippen molar-refractivity contribution in [1.29, 1.82) is 0 Å². The molecule has 1 heterocycles. The van der Waals surface area contributed by atoms with Gasteiger partial charge in [-0.05, 0) is 49.2 Å². The summed E-state index contributed by atoms with van der Waals surface area (Å²) >= 11 is 0. The summed E-state index contributed by atoms with van der Waals surface area (Å²) in [4.78, 5) is 11.7. The number of carbonyl (C=O) groups excluding carboxylic acids is 1. The van der Waals surface area contributed by atoms with E-state index in [4.69, 9.17) is 0 Å². The molecule has 29 heavy (non-hydrogen) atoms. The minimum atomic E-state index is -4.08. The summed E-state index contributed by atoms with van der Waals surface area (Å²) in [5, 5.41) is 0. The molecule has 0 saturated carbocycles. The van der Waals surface area contributed by atoms with Gasteiger partial charge in [-0.15, -0.1) is 0 Å². The molecule has 2 aromatic carbocycles. The van der Waals surface area contributed by atoms with Gasteiger partial charge in [-0.3, -0.25) is 4.72 Å². The zero-order valence-corrected chi connectivity index (χ0v) is 17.5. The maximum atomic E-state index is 12.7. The highest BCUT2D eigenvalue weighted by molar-refractivity contribution is 7.92. The van der Waals surface area contributed by atoms with E-state index >= 15 is 0 Å². The lowest BCUT2D eigenvalue weighted by atomic mass is 10.2. The van der Waals surface area contributed by atoms with Gasteiger partial charge in [0.05, 0.1) is 17.6 Å². The zero-order valence-electron chi connectivity index (χ0n) is 15.9. The summed E-state index contributed by atoms with van der Waals surface area (Å²) in [5.41, 5.74) is 0.0917. The minimum Gasteiger partial charge on any atom is -0.465 e. The van der Waals surface area contributed by atoms with E-state index in [1.807, 2.05) is 0 Å². The van der Waals surface area contributed by atoms with Crippen molar-refractivity contribution in [2.45, 2.75) is 29.1 Å². The molecular formula is C19H22N2O6S2. The highest BCUT2D eigenvalue weighted by atomic mass is 32.2. The highest BCUT2D eigenvalue weighted by Gasteiger charge is 2.26. The van der Waals surface area contributed by atoms with Crippen LogP contribution in [-0.2, 0) is 24.8 Å². The molecule has 0 bridgehead atoms. The number of methoxy groups -OCH3 is 1. The first kappa shape index (κ1) is 21.3. The lowest BCUT2D eigenvalue weighted by Gasteiger charge is -2.25. The molecule has 1 N–H and O–H groups in total. The summed E-state index contributed by atoms with van der Waals surface area (Å²) < 4.78 is 59.3. The fourth-order valence-electron chi connectivity index (χ4n) is 3.14. The highest BCUT2D eigenvalue weighted by Crippen LogP contribution is 2.24. The molecule has 1 aliphatic rings. The Hall–Kier alpha value is -2.43. The number of sulfonamides is 2. The number of hydrogen-bond donors (Lipinski definition) is 1. The predicted molar refractivity (Wildman–Crippen MR) is 108 cm³/mol. The van der Waals surface area contributed by atoms with Gasteiger partial charge in [0.15, 0.2) is 0 Å². The van der Waals surface area contributed by atoms with Crippen LogP contribution in [0.5, 0.6) is 0 Å². The molecule has 0 radical (unpaired) electrons. The van der Waals surface area contributed by atoms with Gasteiger partial charge in [0, 0.05) is 18.8 Å². The normalized spacial score (nSPS) is 15.6. The first-order valence-corrected chi connectivity index (χ1v) is 12.0. The number of benzene rings is 2. The second-order valence-electron chi connectivity index (χ2n) is 6.58. The monoisotopic (exact) mass is 438 g/mol. The van der Waals surface area contributed by atoms with Gasteiger partial charge >= 0.3 is 5.97 Å². The van der Waals surface area contributed by atoms with Crippen molar-refractivity contribution >= 4 is 31.7 Å². The number of ether oxygens (including phenoxy) is 1. The number of hydrogen-bond acceptors (Lipinski definition) is 6. The van der Waals surface area contributed by atoms with Crippen molar-refractivity contribution in [3.8, 4) is 0 Å². The van der Waals surface area contributed by atoms with E-state index < -0.39 is 26.0 Å². The Labute approximate surface area is 170 Å². The predicted octanol–water partition coefficient (Wildman–Crippen LogP) is 2.45. The molecule has 1 fully saturated rings. The van der Waals surface area contributed by atoms with E-state index in [9.17, 15) is 21.6 Å². The molecule has 0 amide bonds. The Bertz CT molecular complexity index is 1090. The Morgan fingerprint density at radius 2 is 1.55 bits per heavy atom.